The molecule has 0 aliphatic carbocycles. The number of hydrazone groups is 1. The molecule has 0 spiro atoms. The van der Waals surface area contributed by atoms with E-state index in [0.717, 1.165) is 21.7 Å². The molecular formula is C24H19ClN4OS2. The molecule has 2 aliphatic rings. The van der Waals surface area contributed by atoms with Gasteiger partial charge in [0.05, 0.1) is 5.36 Å². The van der Waals surface area contributed by atoms with Gasteiger partial charge < -0.3 is 0 Å². The molecule has 8 heteroatoms. The van der Waals surface area contributed by atoms with E-state index in [0.29, 0.717) is 21.6 Å². The number of hydrogen-bond donors (Lipinski definition) is 1. The summed E-state index contributed by atoms with van der Waals surface area (Å²) >= 11 is 9.15. The van der Waals surface area contributed by atoms with E-state index in [1.807, 2.05) is 66.9 Å². The normalized spacial score (nSPS) is 17.1. The molecule has 2 heterocycles. The minimum atomic E-state index is -0.409. The third kappa shape index (κ3) is 4.16. The zero-order chi connectivity index (χ0) is 22.1. The Morgan fingerprint density at radius 3 is 2.53 bits per heavy atom. The molecule has 3 aromatic rings. The number of rotatable bonds is 4. The topological polar surface area (TPSA) is 57.1 Å². The van der Waals surface area contributed by atoms with E-state index in [-0.39, 0.29) is 5.91 Å². The molecule has 0 fully saturated rings. The predicted octanol–water partition coefficient (Wildman–Crippen LogP) is 4.14. The fourth-order valence-electron chi connectivity index (χ4n) is 3.62. The van der Waals surface area contributed by atoms with Crippen molar-refractivity contribution in [3.8, 4) is 0 Å². The molecule has 1 atom stereocenters. The number of halogens is 1. The number of amidine groups is 1. The lowest BCUT2D eigenvalue weighted by Crippen LogP contribution is -2.50. The average molecular weight is 479 g/mol. The maximum absolute atomic E-state index is 13.2. The predicted molar refractivity (Wildman–Crippen MR) is 132 cm³/mol. The fourth-order valence-corrected chi connectivity index (χ4v) is 4.96. The summed E-state index contributed by atoms with van der Waals surface area (Å²) in [4.78, 5) is 19.3. The van der Waals surface area contributed by atoms with Gasteiger partial charge in [0, 0.05) is 20.9 Å². The van der Waals surface area contributed by atoms with E-state index in [1.165, 1.54) is 16.7 Å². The summed E-state index contributed by atoms with van der Waals surface area (Å²) in [5, 5.41) is 12.3. The molecule has 2 aliphatic heterocycles. The van der Waals surface area contributed by atoms with Gasteiger partial charge in [-0.2, -0.15) is 0 Å². The van der Waals surface area contributed by atoms with Crippen LogP contribution in [0.2, 0.25) is 5.02 Å². The smallest absolute Gasteiger partial charge is 0.276 e. The number of benzene rings is 3. The standard InChI is InChI=1S/C24H19ClN4OS2/c1-31-18-12-8-16(9-13-18)22-26-20-5-3-2-4-19(20)21-23(30)27-24(28-29(21)22)32-14-15-6-10-17(25)11-7-15/h2-13,22H,14H2,1H3,(H,27,28,30)/t22-/m0/s1. The largest absolute Gasteiger partial charge is 0.298 e. The van der Waals surface area contributed by atoms with Crippen LogP contribution in [0.15, 0.2) is 87.8 Å². The molecule has 0 radical (unpaired) electrons. The van der Waals surface area contributed by atoms with E-state index in [4.69, 9.17) is 21.7 Å². The van der Waals surface area contributed by atoms with Gasteiger partial charge in [0.2, 0.25) is 0 Å². The Hall–Kier alpha value is -2.74. The molecule has 0 saturated carbocycles. The first-order valence-electron chi connectivity index (χ1n) is 10.00. The lowest BCUT2D eigenvalue weighted by molar-refractivity contribution is -0.116. The van der Waals surface area contributed by atoms with Crippen LogP contribution in [0, 0.1) is 0 Å². The second-order valence-electron chi connectivity index (χ2n) is 7.26. The quantitative estimate of drug-likeness (QED) is 0.573. The van der Waals surface area contributed by atoms with Crippen molar-refractivity contribution in [1.82, 2.24) is 10.3 Å². The van der Waals surface area contributed by atoms with Crippen LogP contribution >= 0.6 is 35.1 Å². The van der Waals surface area contributed by atoms with E-state index in [9.17, 15) is 4.79 Å². The molecule has 3 aromatic carbocycles. The molecule has 160 valence electrons. The highest BCUT2D eigenvalue weighted by Gasteiger charge is 2.34. The zero-order valence-electron chi connectivity index (χ0n) is 17.2. The van der Waals surface area contributed by atoms with E-state index in [1.54, 1.807) is 16.8 Å². The molecule has 0 saturated heterocycles. The highest BCUT2D eigenvalue weighted by Crippen LogP contribution is 2.32. The summed E-state index contributed by atoms with van der Waals surface area (Å²) in [6.45, 7) is 0. The van der Waals surface area contributed by atoms with Crippen LogP contribution in [0.3, 0.4) is 0 Å². The number of thioether (sulfide) groups is 2. The molecule has 0 bridgehead atoms. The summed E-state index contributed by atoms with van der Waals surface area (Å²) in [5.74, 6) is 0.493. The van der Waals surface area contributed by atoms with Crippen LogP contribution in [0.1, 0.15) is 17.3 Å². The van der Waals surface area contributed by atoms with Crippen molar-refractivity contribution in [1.29, 1.82) is 0 Å². The van der Waals surface area contributed by atoms with Gasteiger partial charge in [0.15, 0.2) is 11.3 Å². The van der Waals surface area contributed by atoms with E-state index in [2.05, 4.69) is 17.4 Å². The summed E-state index contributed by atoms with van der Waals surface area (Å²) in [6.07, 6.45) is 1.64. The number of amides is 1. The van der Waals surface area contributed by atoms with Crippen molar-refractivity contribution in [2.75, 3.05) is 6.26 Å². The van der Waals surface area contributed by atoms with Crippen LogP contribution in [0.5, 0.6) is 0 Å². The molecule has 5 nitrogen and oxygen atoms in total. The minimum absolute atomic E-state index is 0.174. The third-order valence-electron chi connectivity index (χ3n) is 5.22. The lowest BCUT2D eigenvalue weighted by atomic mass is 10.1. The SMILES string of the molecule is CSc1ccc([C@H]2N=c3ccccc3=C3C(=O)NC(SCc4ccc(Cl)cc4)=NN32)cc1. The van der Waals surface area contributed by atoms with Gasteiger partial charge in [-0.1, -0.05) is 65.8 Å². The van der Waals surface area contributed by atoms with Crippen molar-refractivity contribution in [2.45, 2.75) is 16.8 Å². The van der Waals surface area contributed by atoms with Crippen molar-refractivity contribution < 1.29 is 4.79 Å². The summed E-state index contributed by atoms with van der Waals surface area (Å²) in [6, 6.07) is 23.6. The Labute approximate surface area is 199 Å². The molecule has 1 N–H and O–H groups in total. The van der Waals surface area contributed by atoms with Gasteiger partial charge in [-0.25, -0.2) is 5.01 Å². The second-order valence-corrected chi connectivity index (χ2v) is 9.54. The summed E-state index contributed by atoms with van der Waals surface area (Å²) in [5.41, 5.74) is 2.60. The number of nitrogens with zero attached hydrogens (tertiary/aromatic N) is 3. The lowest BCUT2D eigenvalue weighted by Gasteiger charge is -2.34. The summed E-state index contributed by atoms with van der Waals surface area (Å²) in [7, 11) is 0. The van der Waals surface area contributed by atoms with Gasteiger partial charge in [0.1, 0.15) is 5.70 Å². The van der Waals surface area contributed by atoms with Crippen molar-refractivity contribution in [2.24, 2.45) is 10.1 Å². The van der Waals surface area contributed by atoms with Crippen LogP contribution in [-0.2, 0) is 10.5 Å². The summed E-state index contributed by atoms with van der Waals surface area (Å²) < 4.78 is 0. The van der Waals surface area contributed by atoms with Gasteiger partial charge in [-0.05, 0) is 47.7 Å². The second kappa shape index (κ2) is 9.02. The Morgan fingerprint density at radius 2 is 1.78 bits per heavy atom. The number of fused-ring (bicyclic) bond motifs is 2. The molecular weight excluding hydrogens is 460 g/mol. The first kappa shape index (κ1) is 21.1. The van der Waals surface area contributed by atoms with Gasteiger partial charge in [-0.3, -0.25) is 15.1 Å². The highest BCUT2D eigenvalue weighted by atomic mass is 35.5. The third-order valence-corrected chi connectivity index (χ3v) is 7.15. The Balaban J connectivity index is 1.53. The molecule has 0 aromatic heterocycles. The zero-order valence-corrected chi connectivity index (χ0v) is 19.5. The van der Waals surface area contributed by atoms with Crippen molar-refractivity contribution >= 4 is 51.9 Å². The molecule has 0 unspecified atom stereocenters. The molecule has 5 rings (SSSR count). The minimum Gasteiger partial charge on any atom is -0.298 e. The highest BCUT2D eigenvalue weighted by molar-refractivity contribution is 8.13. The Kier molecular flexibility index (Phi) is 5.95. The van der Waals surface area contributed by atoms with Gasteiger partial charge in [0.25, 0.3) is 5.91 Å². The van der Waals surface area contributed by atoms with Crippen LogP contribution in [-0.4, -0.2) is 22.3 Å². The van der Waals surface area contributed by atoms with Gasteiger partial charge in [-0.15, -0.1) is 16.9 Å². The number of para-hydroxylation sites is 1. The number of carbonyl (C=O) groups excluding carboxylic acids is 1. The number of hydrogen-bond acceptors (Lipinski definition) is 6. The molecule has 1 amide bonds. The average Bonchev–Trinajstić information content (AvgIpc) is 2.83. The van der Waals surface area contributed by atoms with Crippen molar-refractivity contribution in [3.05, 3.63) is 99.5 Å². The van der Waals surface area contributed by atoms with Crippen LogP contribution < -0.4 is 15.9 Å². The number of carbonyl (C=O) groups is 1. The number of nitrogens with one attached hydrogen (secondary N) is 1. The van der Waals surface area contributed by atoms with E-state index >= 15 is 0 Å². The van der Waals surface area contributed by atoms with Gasteiger partial charge >= 0.3 is 0 Å². The van der Waals surface area contributed by atoms with Crippen LogP contribution in [0.25, 0.3) is 5.70 Å². The monoisotopic (exact) mass is 478 g/mol. The maximum atomic E-state index is 13.2. The Morgan fingerprint density at radius 1 is 1.03 bits per heavy atom. The molecule has 32 heavy (non-hydrogen) atoms. The maximum Gasteiger partial charge on any atom is 0.276 e. The fraction of sp³-hybridized carbons (Fsp3) is 0.125. The van der Waals surface area contributed by atoms with E-state index < -0.39 is 6.17 Å². The Bertz CT molecular complexity index is 1320. The first-order valence-corrected chi connectivity index (χ1v) is 12.6. The first-order chi connectivity index (χ1) is 15.6. The van der Waals surface area contributed by atoms with Crippen LogP contribution in [0.4, 0.5) is 0 Å². The van der Waals surface area contributed by atoms with Crippen molar-refractivity contribution in [3.63, 3.8) is 0 Å².